The van der Waals surface area contributed by atoms with Crippen LogP contribution >= 0.6 is 0 Å². The molecule has 1 N–H and O–H groups in total. The highest BCUT2D eigenvalue weighted by Gasteiger charge is 2.27. The molecule has 4 rings (SSSR count). The molecule has 3 aromatic rings. The van der Waals surface area contributed by atoms with E-state index in [-0.39, 0.29) is 31.8 Å². The van der Waals surface area contributed by atoms with Crippen LogP contribution in [0.15, 0.2) is 66.7 Å². The summed E-state index contributed by atoms with van der Waals surface area (Å²) >= 11 is 0. The van der Waals surface area contributed by atoms with Crippen LogP contribution in [-0.4, -0.2) is 31.8 Å². The van der Waals surface area contributed by atoms with E-state index in [4.69, 9.17) is 4.74 Å². The topological polar surface area (TPSA) is 75.7 Å². The third-order valence-electron chi connectivity index (χ3n) is 5.35. The van der Waals surface area contributed by atoms with Crippen LogP contribution in [0.25, 0.3) is 0 Å². The number of carbonyl (C=O) groups is 1. The second-order valence-corrected chi connectivity index (χ2v) is 9.60. The van der Waals surface area contributed by atoms with Crippen LogP contribution in [0.5, 0.6) is 5.75 Å². The minimum Gasteiger partial charge on any atom is -0.492 e. The third kappa shape index (κ3) is 5.37. The molecule has 0 atom stereocenters. The average Bonchev–Trinajstić information content (AvgIpc) is 3.02. The lowest BCUT2D eigenvalue weighted by Crippen LogP contribution is -2.33. The van der Waals surface area contributed by atoms with Gasteiger partial charge in [0.2, 0.25) is 10.0 Å². The van der Waals surface area contributed by atoms with Crippen molar-refractivity contribution in [2.24, 2.45) is 0 Å². The summed E-state index contributed by atoms with van der Waals surface area (Å²) in [6.45, 7) is 0.228. The van der Waals surface area contributed by atoms with Gasteiger partial charge < -0.3 is 10.1 Å². The van der Waals surface area contributed by atoms with Gasteiger partial charge in [0.1, 0.15) is 24.0 Å². The van der Waals surface area contributed by atoms with Gasteiger partial charge in [-0.25, -0.2) is 17.2 Å². The van der Waals surface area contributed by atoms with Gasteiger partial charge in [-0.1, -0.05) is 36.4 Å². The first-order chi connectivity index (χ1) is 15.8. The first kappa shape index (κ1) is 22.9. The number of nitrogens with one attached hydrogen (secondary N) is 1. The molecule has 6 nitrogen and oxygen atoms in total. The van der Waals surface area contributed by atoms with Crippen LogP contribution in [-0.2, 0) is 28.9 Å². The first-order valence-electron chi connectivity index (χ1n) is 10.3. The van der Waals surface area contributed by atoms with Gasteiger partial charge >= 0.3 is 0 Å². The molecular weight excluding hydrogens is 450 g/mol. The Morgan fingerprint density at radius 2 is 1.64 bits per heavy atom. The molecular formula is C24H22F2N2O4S. The number of hydrogen-bond donors (Lipinski definition) is 1. The summed E-state index contributed by atoms with van der Waals surface area (Å²) in [5.74, 6) is -1.42. The Morgan fingerprint density at radius 1 is 0.970 bits per heavy atom. The summed E-state index contributed by atoms with van der Waals surface area (Å²) in [4.78, 5) is 12.6. The molecule has 0 spiro atoms. The SMILES string of the molecule is O=C(NCc1ccccc1F)c1ccc2c(c1)CN(S(=O)(=O)Cc1ccccc1F)CCO2. The largest absolute Gasteiger partial charge is 0.492 e. The smallest absolute Gasteiger partial charge is 0.251 e. The van der Waals surface area contributed by atoms with Gasteiger partial charge in [-0.2, -0.15) is 4.31 Å². The molecule has 0 aliphatic carbocycles. The van der Waals surface area contributed by atoms with E-state index in [1.807, 2.05) is 0 Å². The zero-order valence-corrected chi connectivity index (χ0v) is 18.4. The fourth-order valence-electron chi connectivity index (χ4n) is 3.57. The van der Waals surface area contributed by atoms with E-state index in [0.717, 1.165) is 0 Å². The predicted octanol–water partition coefficient (Wildman–Crippen LogP) is 3.62. The Bertz CT molecular complexity index is 1280. The Hall–Kier alpha value is -3.30. The van der Waals surface area contributed by atoms with Crippen molar-refractivity contribution < 1.29 is 26.7 Å². The second-order valence-electron chi connectivity index (χ2n) is 7.63. The molecule has 3 aromatic carbocycles. The molecule has 0 aromatic heterocycles. The van der Waals surface area contributed by atoms with Gasteiger partial charge in [0.25, 0.3) is 5.91 Å². The van der Waals surface area contributed by atoms with Crippen LogP contribution < -0.4 is 10.1 Å². The molecule has 0 radical (unpaired) electrons. The molecule has 0 saturated heterocycles. The normalized spacial score (nSPS) is 14.1. The zero-order valence-electron chi connectivity index (χ0n) is 17.6. The number of hydrogen-bond acceptors (Lipinski definition) is 4. The molecule has 172 valence electrons. The van der Waals surface area contributed by atoms with E-state index in [0.29, 0.717) is 22.4 Å². The Kier molecular flexibility index (Phi) is 6.71. The van der Waals surface area contributed by atoms with Crippen molar-refractivity contribution in [1.82, 2.24) is 9.62 Å². The minimum absolute atomic E-state index is 0.0133. The number of sulfonamides is 1. The fraction of sp³-hybridized carbons (Fsp3) is 0.208. The first-order valence-corrected chi connectivity index (χ1v) is 11.9. The van der Waals surface area contributed by atoms with Crippen molar-refractivity contribution in [3.63, 3.8) is 0 Å². The maximum Gasteiger partial charge on any atom is 0.251 e. The summed E-state index contributed by atoms with van der Waals surface area (Å²) in [6.07, 6.45) is 0. The number of amides is 1. The van der Waals surface area contributed by atoms with E-state index in [9.17, 15) is 22.0 Å². The highest BCUT2D eigenvalue weighted by atomic mass is 32.2. The highest BCUT2D eigenvalue weighted by molar-refractivity contribution is 7.88. The van der Waals surface area contributed by atoms with Gasteiger partial charge in [0.05, 0.1) is 5.75 Å². The monoisotopic (exact) mass is 472 g/mol. The standard InChI is InChI=1S/C24H22F2N2O4S/c25-21-7-3-1-5-18(21)14-27-24(29)17-9-10-23-20(13-17)15-28(11-12-32-23)33(30,31)16-19-6-2-4-8-22(19)26/h1-10,13H,11-12,14-16H2,(H,27,29). The number of halogens is 2. The van der Waals surface area contributed by atoms with E-state index in [2.05, 4.69) is 5.32 Å². The molecule has 0 bridgehead atoms. The molecule has 0 unspecified atom stereocenters. The van der Waals surface area contributed by atoms with Gasteiger partial charge in [0, 0.05) is 41.9 Å². The molecule has 1 aliphatic rings. The number of benzene rings is 3. The van der Waals surface area contributed by atoms with E-state index in [1.54, 1.807) is 42.5 Å². The van der Waals surface area contributed by atoms with Gasteiger partial charge in [-0.3, -0.25) is 4.79 Å². The summed E-state index contributed by atoms with van der Waals surface area (Å²) in [5.41, 5.74) is 1.25. The van der Waals surface area contributed by atoms with Gasteiger partial charge in [0.15, 0.2) is 0 Å². The molecule has 1 amide bonds. The van der Waals surface area contributed by atoms with Crippen LogP contribution in [0, 0.1) is 11.6 Å². The highest BCUT2D eigenvalue weighted by Crippen LogP contribution is 2.27. The lowest BCUT2D eigenvalue weighted by molar-refractivity contribution is 0.0950. The summed E-state index contributed by atoms with van der Waals surface area (Å²) < 4.78 is 60.6. The lowest BCUT2D eigenvalue weighted by atomic mass is 10.1. The van der Waals surface area contributed by atoms with Crippen molar-refractivity contribution >= 4 is 15.9 Å². The van der Waals surface area contributed by atoms with Crippen molar-refractivity contribution in [1.29, 1.82) is 0 Å². The number of fused-ring (bicyclic) bond motifs is 1. The minimum atomic E-state index is -3.84. The van der Waals surface area contributed by atoms with Crippen LogP contribution in [0.1, 0.15) is 27.0 Å². The Balaban J connectivity index is 1.50. The van der Waals surface area contributed by atoms with Crippen molar-refractivity contribution in [3.8, 4) is 5.75 Å². The van der Waals surface area contributed by atoms with Gasteiger partial charge in [-0.15, -0.1) is 0 Å². The summed E-state index contributed by atoms with van der Waals surface area (Å²) in [7, 11) is -3.84. The maximum absolute atomic E-state index is 14.0. The van der Waals surface area contributed by atoms with Crippen molar-refractivity contribution in [2.45, 2.75) is 18.8 Å². The van der Waals surface area contributed by atoms with Crippen molar-refractivity contribution in [3.05, 3.63) is 101 Å². The number of carbonyl (C=O) groups excluding carboxylic acids is 1. The van der Waals surface area contributed by atoms with Crippen LogP contribution in [0.3, 0.4) is 0 Å². The fourth-order valence-corrected chi connectivity index (χ4v) is 5.07. The van der Waals surface area contributed by atoms with Gasteiger partial charge in [-0.05, 0) is 30.3 Å². The maximum atomic E-state index is 14.0. The zero-order chi connectivity index (χ0) is 23.4. The van der Waals surface area contributed by atoms with E-state index in [1.165, 1.54) is 28.6 Å². The molecule has 0 fully saturated rings. The van der Waals surface area contributed by atoms with E-state index >= 15 is 0 Å². The predicted molar refractivity (Wildman–Crippen MR) is 119 cm³/mol. The Labute approximate surface area is 190 Å². The third-order valence-corrected chi connectivity index (χ3v) is 7.13. The van der Waals surface area contributed by atoms with Crippen LogP contribution in [0.2, 0.25) is 0 Å². The van der Waals surface area contributed by atoms with Crippen LogP contribution in [0.4, 0.5) is 8.78 Å². The molecule has 9 heteroatoms. The quantitative estimate of drug-likeness (QED) is 0.595. The Morgan fingerprint density at radius 3 is 2.33 bits per heavy atom. The van der Waals surface area contributed by atoms with E-state index < -0.39 is 33.3 Å². The summed E-state index contributed by atoms with van der Waals surface area (Å²) in [6, 6.07) is 16.6. The molecule has 1 aliphatic heterocycles. The number of rotatable bonds is 6. The average molecular weight is 473 g/mol. The molecule has 0 saturated carbocycles. The number of nitrogens with zero attached hydrogens (tertiary/aromatic N) is 1. The lowest BCUT2D eigenvalue weighted by Gasteiger charge is -2.20. The summed E-state index contributed by atoms with van der Waals surface area (Å²) in [5, 5.41) is 2.67. The van der Waals surface area contributed by atoms with Crippen molar-refractivity contribution in [2.75, 3.05) is 13.2 Å². The number of ether oxygens (including phenoxy) is 1. The molecule has 33 heavy (non-hydrogen) atoms. The molecule has 1 heterocycles. The second kappa shape index (κ2) is 9.68.